The zero-order valence-corrected chi connectivity index (χ0v) is 12.8. The number of rotatable bonds is 3. The number of nitrogens with two attached hydrogens (primary N) is 1. The van der Waals surface area contributed by atoms with E-state index in [0.717, 1.165) is 45.9 Å². The molecule has 1 saturated heterocycles. The highest BCUT2D eigenvalue weighted by atomic mass is 32.2. The molecule has 0 unspecified atom stereocenters. The number of benzene rings is 1. The van der Waals surface area contributed by atoms with E-state index in [1.54, 1.807) is 11.3 Å². The third-order valence-corrected chi connectivity index (χ3v) is 5.78. The van der Waals surface area contributed by atoms with Crippen molar-refractivity contribution in [1.82, 2.24) is 4.98 Å². The molecule has 1 aliphatic heterocycles. The molecule has 0 aliphatic carbocycles. The van der Waals surface area contributed by atoms with Crippen LogP contribution in [0.3, 0.4) is 0 Å². The lowest BCUT2D eigenvalue weighted by atomic mass is 10.1. The lowest BCUT2D eigenvalue weighted by Gasteiger charge is -2.25. The Morgan fingerprint density at radius 1 is 1.25 bits per heavy atom. The van der Waals surface area contributed by atoms with Crippen LogP contribution in [0, 0.1) is 0 Å². The van der Waals surface area contributed by atoms with Gasteiger partial charge < -0.3 is 10.6 Å². The van der Waals surface area contributed by atoms with Crippen LogP contribution in [-0.4, -0.2) is 33.8 Å². The Morgan fingerprint density at radius 2 is 1.95 bits per heavy atom. The summed E-state index contributed by atoms with van der Waals surface area (Å²) in [6.45, 7) is 2.14. The van der Waals surface area contributed by atoms with Gasteiger partial charge in [0.15, 0.2) is 5.13 Å². The molecule has 0 bridgehead atoms. The lowest BCUT2D eigenvalue weighted by molar-refractivity contribution is 0.673. The predicted molar refractivity (Wildman–Crippen MR) is 85.5 cm³/mol. The molecule has 0 radical (unpaired) electrons. The van der Waals surface area contributed by atoms with E-state index < -0.39 is 10.8 Å². The van der Waals surface area contributed by atoms with Gasteiger partial charge in [-0.15, -0.1) is 0 Å². The molecule has 2 aromatic rings. The van der Waals surface area contributed by atoms with Crippen molar-refractivity contribution in [3.63, 3.8) is 0 Å². The van der Waals surface area contributed by atoms with Crippen LogP contribution in [0.25, 0.3) is 11.3 Å². The minimum atomic E-state index is -0.660. The summed E-state index contributed by atoms with van der Waals surface area (Å²) in [7, 11) is -0.660. The fraction of sp³-hybridized carbons (Fsp3) is 0.357. The maximum absolute atomic E-state index is 11.4. The minimum Gasteiger partial charge on any atom is -0.346 e. The zero-order chi connectivity index (χ0) is 13.9. The standard InChI is InChI=1S/C14H17N3OS2/c15-10-12-13(11-4-2-1-3-5-11)16-14(19-12)17-6-8-20(18)9-7-17/h1-5H,6-10,15H2. The van der Waals surface area contributed by atoms with Crippen LogP contribution in [0.1, 0.15) is 4.88 Å². The molecule has 1 aromatic carbocycles. The van der Waals surface area contributed by atoms with Gasteiger partial charge in [0.1, 0.15) is 0 Å². The van der Waals surface area contributed by atoms with E-state index in [0.29, 0.717) is 6.54 Å². The monoisotopic (exact) mass is 307 g/mol. The van der Waals surface area contributed by atoms with Crippen molar-refractivity contribution in [1.29, 1.82) is 0 Å². The Labute approximate surface area is 125 Å². The number of aromatic nitrogens is 1. The maximum Gasteiger partial charge on any atom is 0.186 e. The van der Waals surface area contributed by atoms with Crippen LogP contribution in [0.5, 0.6) is 0 Å². The normalized spacial score (nSPS) is 16.6. The second-order valence-electron chi connectivity index (χ2n) is 4.67. The second kappa shape index (κ2) is 6.03. The van der Waals surface area contributed by atoms with Crippen LogP contribution < -0.4 is 10.6 Å². The molecule has 20 heavy (non-hydrogen) atoms. The zero-order valence-electron chi connectivity index (χ0n) is 11.1. The largest absolute Gasteiger partial charge is 0.346 e. The molecule has 1 fully saturated rings. The molecule has 0 spiro atoms. The van der Waals surface area contributed by atoms with Crippen molar-refractivity contribution in [2.24, 2.45) is 5.73 Å². The topological polar surface area (TPSA) is 59.2 Å². The van der Waals surface area contributed by atoms with Gasteiger partial charge in [-0.3, -0.25) is 4.21 Å². The summed E-state index contributed by atoms with van der Waals surface area (Å²) in [6.07, 6.45) is 0. The van der Waals surface area contributed by atoms with Gasteiger partial charge in [0.2, 0.25) is 0 Å². The quantitative estimate of drug-likeness (QED) is 0.940. The maximum atomic E-state index is 11.4. The Hall–Kier alpha value is -1.24. The Balaban J connectivity index is 1.91. The van der Waals surface area contributed by atoms with E-state index in [1.807, 2.05) is 18.2 Å². The van der Waals surface area contributed by atoms with Gasteiger partial charge in [0, 0.05) is 52.4 Å². The molecule has 6 heteroatoms. The van der Waals surface area contributed by atoms with Crippen molar-refractivity contribution in [2.75, 3.05) is 29.5 Å². The number of hydrogen-bond acceptors (Lipinski definition) is 5. The highest BCUT2D eigenvalue weighted by molar-refractivity contribution is 7.85. The first kappa shape index (κ1) is 13.7. The molecular formula is C14H17N3OS2. The van der Waals surface area contributed by atoms with Crippen LogP contribution in [0.15, 0.2) is 30.3 Å². The smallest absolute Gasteiger partial charge is 0.186 e. The summed E-state index contributed by atoms with van der Waals surface area (Å²) in [6, 6.07) is 10.1. The van der Waals surface area contributed by atoms with Crippen molar-refractivity contribution in [3.8, 4) is 11.3 Å². The van der Waals surface area contributed by atoms with E-state index in [2.05, 4.69) is 17.0 Å². The Kier molecular flexibility index (Phi) is 4.14. The van der Waals surface area contributed by atoms with Crippen LogP contribution in [0.4, 0.5) is 5.13 Å². The van der Waals surface area contributed by atoms with Gasteiger partial charge in [-0.05, 0) is 0 Å². The molecule has 2 heterocycles. The highest BCUT2D eigenvalue weighted by Crippen LogP contribution is 2.33. The van der Waals surface area contributed by atoms with Crippen molar-refractivity contribution >= 4 is 27.3 Å². The van der Waals surface area contributed by atoms with Crippen molar-refractivity contribution in [2.45, 2.75) is 6.54 Å². The van der Waals surface area contributed by atoms with E-state index in [1.165, 1.54) is 0 Å². The summed E-state index contributed by atoms with van der Waals surface area (Å²) in [5.74, 6) is 1.47. The average Bonchev–Trinajstić information content (AvgIpc) is 2.93. The molecular weight excluding hydrogens is 290 g/mol. The number of anilines is 1. The van der Waals surface area contributed by atoms with Crippen molar-refractivity contribution < 1.29 is 4.21 Å². The first-order valence-corrected chi connectivity index (χ1v) is 8.93. The second-order valence-corrected chi connectivity index (χ2v) is 7.43. The molecule has 106 valence electrons. The molecule has 2 N–H and O–H groups in total. The number of nitrogens with zero attached hydrogens (tertiary/aromatic N) is 2. The van der Waals surface area contributed by atoms with E-state index in [4.69, 9.17) is 10.7 Å². The summed E-state index contributed by atoms with van der Waals surface area (Å²) >= 11 is 1.65. The molecule has 4 nitrogen and oxygen atoms in total. The summed E-state index contributed by atoms with van der Waals surface area (Å²) in [4.78, 5) is 8.09. The third-order valence-electron chi connectivity index (χ3n) is 3.37. The van der Waals surface area contributed by atoms with Crippen LogP contribution in [0.2, 0.25) is 0 Å². The fourth-order valence-corrected chi connectivity index (χ4v) is 4.33. The van der Waals surface area contributed by atoms with Crippen LogP contribution in [-0.2, 0) is 17.3 Å². The van der Waals surface area contributed by atoms with Gasteiger partial charge in [-0.1, -0.05) is 41.7 Å². The molecule has 1 aliphatic rings. The summed E-state index contributed by atoms with van der Waals surface area (Å²) in [5, 5.41) is 1.00. The van der Waals surface area contributed by atoms with Gasteiger partial charge >= 0.3 is 0 Å². The van der Waals surface area contributed by atoms with Gasteiger partial charge in [0.25, 0.3) is 0 Å². The predicted octanol–water partition coefficient (Wildman–Crippen LogP) is 1.84. The molecule has 0 atom stereocenters. The molecule has 3 rings (SSSR count). The lowest BCUT2D eigenvalue weighted by Crippen LogP contribution is -2.37. The van der Waals surface area contributed by atoms with E-state index >= 15 is 0 Å². The molecule has 0 amide bonds. The first-order valence-electron chi connectivity index (χ1n) is 6.63. The summed E-state index contributed by atoms with van der Waals surface area (Å²) < 4.78 is 11.4. The fourth-order valence-electron chi connectivity index (χ4n) is 2.26. The molecule has 1 aromatic heterocycles. The van der Waals surface area contributed by atoms with Gasteiger partial charge in [0.05, 0.1) is 5.69 Å². The Morgan fingerprint density at radius 3 is 2.60 bits per heavy atom. The number of thiazole rings is 1. The van der Waals surface area contributed by atoms with E-state index in [-0.39, 0.29) is 0 Å². The number of hydrogen-bond donors (Lipinski definition) is 1. The third kappa shape index (κ3) is 2.77. The SMILES string of the molecule is NCc1sc(N2CCS(=O)CC2)nc1-c1ccccc1. The van der Waals surface area contributed by atoms with Gasteiger partial charge in [-0.25, -0.2) is 4.98 Å². The molecule has 0 saturated carbocycles. The van der Waals surface area contributed by atoms with E-state index in [9.17, 15) is 4.21 Å². The Bertz CT molecular complexity index is 602. The van der Waals surface area contributed by atoms with Gasteiger partial charge in [-0.2, -0.15) is 0 Å². The van der Waals surface area contributed by atoms with Crippen LogP contribution >= 0.6 is 11.3 Å². The summed E-state index contributed by atoms with van der Waals surface area (Å²) in [5.41, 5.74) is 7.95. The average molecular weight is 307 g/mol. The minimum absolute atomic E-state index is 0.502. The highest BCUT2D eigenvalue weighted by Gasteiger charge is 2.20. The van der Waals surface area contributed by atoms with Crippen molar-refractivity contribution in [3.05, 3.63) is 35.2 Å². The first-order chi connectivity index (χ1) is 9.78.